The molecule has 2 fully saturated rings. The molecular weight excluding hydrogens is 468 g/mol. The van der Waals surface area contributed by atoms with Crippen LogP contribution in [0.1, 0.15) is 17.5 Å². The maximum Gasteiger partial charge on any atom is 0.416 e. The summed E-state index contributed by atoms with van der Waals surface area (Å²) in [6, 6.07) is 7.94. The third-order valence-electron chi connectivity index (χ3n) is 4.86. The third kappa shape index (κ3) is 4.05. The second-order valence-electron chi connectivity index (χ2n) is 6.94. The van der Waals surface area contributed by atoms with Crippen molar-refractivity contribution in [2.24, 2.45) is 0 Å². The van der Waals surface area contributed by atoms with E-state index in [1.165, 1.54) is 36.4 Å². The number of hydrogen-bond acceptors (Lipinski definition) is 5. The van der Waals surface area contributed by atoms with Gasteiger partial charge in [0.15, 0.2) is 0 Å². The minimum atomic E-state index is -4.65. The lowest BCUT2D eigenvalue weighted by molar-refractivity contribution is -0.137. The molecule has 2 heterocycles. The van der Waals surface area contributed by atoms with Crippen LogP contribution in [-0.2, 0) is 20.6 Å². The number of amides is 3. The molecular formula is C21H12F4N2O3S2. The molecule has 3 amide bonds. The number of anilines is 1. The average Bonchev–Trinajstić information content (AvgIpc) is 3.17. The number of thioether (sulfide) groups is 1. The summed E-state index contributed by atoms with van der Waals surface area (Å²) in [5.41, 5.74) is -0.706. The highest BCUT2D eigenvalue weighted by molar-refractivity contribution is 8.26. The number of benzene rings is 2. The number of hydrogen-bond donors (Lipinski definition) is 0. The fraction of sp³-hybridized carbons (Fsp3) is 0.143. The lowest BCUT2D eigenvalue weighted by atomic mass is 10.1. The van der Waals surface area contributed by atoms with Crippen LogP contribution in [-0.4, -0.2) is 33.0 Å². The summed E-state index contributed by atoms with van der Waals surface area (Å²) in [4.78, 5) is 40.2. The monoisotopic (exact) mass is 480 g/mol. The van der Waals surface area contributed by atoms with Crippen molar-refractivity contribution in [1.82, 2.24) is 4.90 Å². The molecule has 11 heteroatoms. The van der Waals surface area contributed by atoms with E-state index in [0.29, 0.717) is 16.5 Å². The Morgan fingerprint density at radius 3 is 2.41 bits per heavy atom. The normalized spacial score (nSPS) is 20.8. The fourth-order valence-corrected chi connectivity index (χ4v) is 4.73. The van der Waals surface area contributed by atoms with Crippen molar-refractivity contribution in [1.29, 1.82) is 0 Å². The fourth-order valence-electron chi connectivity index (χ4n) is 3.37. The highest BCUT2D eigenvalue weighted by Crippen LogP contribution is 2.38. The van der Waals surface area contributed by atoms with Gasteiger partial charge in [-0.25, -0.2) is 9.29 Å². The number of alkyl halides is 3. The van der Waals surface area contributed by atoms with Crippen LogP contribution >= 0.6 is 24.0 Å². The largest absolute Gasteiger partial charge is 0.416 e. The number of halogens is 4. The molecule has 4 rings (SSSR count). The topological polar surface area (TPSA) is 57.7 Å². The van der Waals surface area contributed by atoms with Crippen molar-refractivity contribution < 1.29 is 31.9 Å². The molecule has 2 aromatic carbocycles. The van der Waals surface area contributed by atoms with Gasteiger partial charge in [0.05, 0.1) is 22.6 Å². The second-order valence-corrected chi connectivity index (χ2v) is 8.61. The second kappa shape index (κ2) is 8.14. The Morgan fingerprint density at radius 1 is 1.06 bits per heavy atom. The molecule has 0 saturated carbocycles. The van der Waals surface area contributed by atoms with Crippen LogP contribution in [0.15, 0.2) is 53.4 Å². The average molecular weight is 480 g/mol. The summed E-state index contributed by atoms with van der Waals surface area (Å²) in [7, 11) is 0. The molecule has 0 aromatic heterocycles. The van der Waals surface area contributed by atoms with E-state index in [2.05, 4.69) is 0 Å². The first kappa shape index (κ1) is 22.2. The summed E-state index contributed by atoms with van der Waals surface area (Å²) in [5, 5.41) is 0. The first-order valence-electron chi connectivity index (χ1n) is 9.13. The zero-order chi connectivity index (χ0) is 23.2. The molecule has 2 aliphatic rings. The van der Waals surface area contributed by atoms with Gasteiger partial charge in [-0.1, -0.05) is 42.2 Å². The van der Waals surface area contributed by atoms with E-state index < -0.39 is 47.7 Å². The number of rotatable bonds is 3. The van der Waals surface area contributed by atoms with E-state index in [0.717, 1.165) is 28.8 Å². The van der Waals surface area contributed by atoms with Crippen molar-refractivity contribution >= 4 is 57.8 Å². The van der Waals surface area contributed by atoms with Crippen LogP contribution in [0.25, 0.3) is 6.08 Å². The molecule has 2 saturated heterocycles. The van der Waals surface area contributed by atoms with Crippen LogP contribution in [0.4, 0.5) is 23.2 Å². The van der Waals surface area contributed by atoms with Crippen LogP contribution in [0.5, 0.6) is 0 Å². The molecule has 32 heavy (non-hydrogen) atoms. The van der Waals surface area contributed by atoms with Crippen molar-refractivity contribution in [2.75, 3.05) is 4.90 Å². The Kier molecular flexibility index (Phi) is 5.63. The summed E-state index contributed by atoms with van der Waals surface area (Å²) in [6.07, 6.45) is -3.58. The summed E-state index contributed by atoms with van der Waals surface area (Å²) < 4.78 is 52.2. The minimum absolute atomic E-state index is 0.0420. The zero-order valence-electron chi connectivity index (χ0n) is 15.9. The standard InChI is InChI=1S/C21H12F4N2O3S2/c22-13-6-4-11(5-7-13)8-16-19(30)27(20(31)32-16)15-10-17(28)26(18(15)29)14-3-1-2-12(9-14)21(23,24)25/h1-9,15H,10H2/b16-8-/t15-/m1/s1. The van der Waals surface area contributed by atoms with E-state index in [4.69, 9.17) is 12.2 Å². The molecule has 0 radical (unpaired) electrons. The van der Waals surface area contributed by atoms with Gasteiger partial charge in [-0.3, -0.25) is 19.3 Å². The molecule has 2 aliphatic heterocycles. The van der Waals surface area contributed by atoms with Crippen molar-refractivity contribution in [3.05, 3.63) is 70.4 Å². The number of carbonyl (C=O) groups excluding carboxylic acids is 3. The quantitative estimate of drug-likeness (QED) is 0.283. The van der Waals surface area contributed by atoms with Crippen molar-refractivity contribution in [3.63, 3.8) is 0 Å². The van der Waals surface area contributed by atoms with Crippen LogP contribution in [0.2, 0.25) is 0 Å². The van der Waals surface area contributed by atoms with Crippen molar-refractivity contribution in [3.8, 4) is 0 Å². The molecule has 0 spiro atoms. The number of imide groups is 1. The van der Waals surface area contributed by atoms with Gasteiger partial charge < -0.3 is 0 Å². The van der Waals surface area contributed by atoms with Gasteiger partial charge in [-0.05, 0) is 42.0 Å². The van der Waals surface area contributed by atoms with Crippen LogP contribution in [0, 0.1) is 5.82 Å². The predicted octanol–water partition coefficient (Wildman–Crippen LogP) is 4.38. The molecule has 0 aliphatic carbocycles. The van der Waals surface area contributed by atoms with Gasteiger partial charge in [0.25, 0.3) is 11.8 Å². The number of thiocarbonyl (C=S) groups is 1. The first-order chi connectivity index (χ1) is 15.1. The van der Waals surface area contributed by atoms with Gasteiger partial charge in [0.1, 0.15) is 16.2 Å². The molecule has 0 unspecified atom stereocenters. The maximum atomic E-state index is 13.1. The van der Waals surface area contributed by atoms with Gasteiger partial charge in [-0.15, -0.1) is 0 Å². The Balaban J connectivity index is 1.60. The van der Waals surface area contributed by atoms with Crippen molar-refractivity contribution in [2.45, 2.75) is 18.6 Å². The highest BCUT2D eigenvalue weighted by atomic mass is 32.2. The highest BCUT2D eigenvalue weighted by Gasteiger charge is 2.49. The van der Waals surface area contributed by atoms with E-state index in [1.54, 1.807) is 0 Å². The summed E-state index contributed by atoms with van der Waals surface area (Å²) in [5.74, 6) is -2.63. The lowest BCUT2D eigenvalue weighted by Crippen LogP contribution is -2.44. The molecule has 0 bridgehead atoms. The Labute approximate surface area is 188 Å². The predicted molar refractivity (Wildman–Crippen MR) is 114 cm³/mol. The smallest absolute Gasteiger partial charge is 0.280 e. The lowest BCUT2D eigenvalue weighted by Gasteiger charge is -2.21. The van der Waals surface area contributed by atoms with Gasteiger partial charge in [0, 0.05) is 0 Å². The van der Waals surface area contributed by atoms with Gasteiger partial charge >= 0.3 is 6.18 Å². The molecule has 5 nitrogen and oxygen atoms in total. The third-order valence-corrected chi connectivity index (χ3v) is 6.19. The summed E-state index contributed by atoms with van der Waals surface area (Å²) in [6.45, 7) is 0. The van der Waals surface area contributed by atoms with E-state index in [1.807, 2.05) is 0 Å². The van der Waals surface area contributed by atoms with E-state index in [9.17, 15) is 31.9 Å². The minimum Gasteiger partial charge on any atom is -0.280 e. The van der Waals surface area contributed by atoms with E-state index in [-0.39, 0.29) is 14.9 Å². The molecule has 0 N–H and O–H groups in total. The zero-order valence-corrected chi connectivity index (χ0v) is 17.6. The Hall–Kier alpha value is -3.05. The molecule has 2 aromatic rings. The van der Waals surface area contributed by atoms with Gasteiger partial charge in [0.2, 0.25) is 5.91 Å². The van der Waals surface area contributed by atoms with Gasteiger partial charge in [-0.2, -0.15) is 13.2 Å². The SMILES string of the molecule is O=C1C[C@@H](N2C(=O)/C(=C/c3ccc(F)cc3)SC2=S)C(=O)N1c1cccc(C(F)(F)F)c1. The molecule has 164 valence electrons. The number of nitrogens with zero attached hydrogens (tertiary/aromatic N) is 2. The first-order valence-corrected chi connectivity index (χ1v) is 10.4. The van der Waals surface area contributed by atoms with Crippen LogP contribution < -0.4 is 4.90 Å². The molecule has 1 atom stereocenters. The Morgan fingerprint density at radius 2 is 1.75 bits per heavy atom. The maximum absolute atomic E-state index is 13.1. The Bertz CT molecular complexity index is 1180. The summed E-state index contributed by atoms with van der Waals surface area (Å²) >= 11 is 6.14. The van der Waals surface area contributed by atoms with Crippen LogP contribution in [0.3, 0.4) is 0 Å². The number of carbonyl (C=O) groups is 3. The van der Waals surface area contributed by atoms with E-state index >= 15 is 0 Å².